The monoisotopic (exact) mass is 419 g/mol. The fourth-order valence-corrected chi connectivity index (χ4v) is 2.64. The number of ether oxygens (including phenoxy) is 1. The molecule has 1 rings (SSSR count). The molecule has 1 aliphatic heterocycles. The molecule has 1 atom stereocenters. The minimum atomic E-state index is -2.94. The second kappa shape index (κ2) is 9.04. The average Bonchev–Trinajstić information content (AvgIpc) is 2.81. The van der Waals surface area contributed by atoms with Gasteiger partial charge in [0.25, 0.3) is 0 Å². The lowest BCUT2D eigenvalue weighted by atomic mass is 10.0. The van der Waals surface area contributed by atoms with Gasteiger partial charge in [-0.2, -0.15) is 0 Å². The van der Waals surface area contributed by atoms with E-state index in [2.05, 4.69) is 22.5 Å². The molecule has 120 valence electrons. The number of hydrogen-bond donors (Lipinski definition) is 2. The summed E-state index contributed by atoms with van der Waals surface area (Å²) in [6.45, 7) is 5.57. The molecule has 8 heteroatoms. The molecule has 1 aliphatic rings. The van der Waals surface area contributed by atoms with Crippen LogP contribution in [0.25, 0.3) is 0 Å². The van der Waals surface area contributed by atoms with Crippen LogP contribution in [0, 0.1) is 0 Å². The van der Waals surface area contributed by atoms with Crippen LogP contribution < -0.4 is 10.6 Å². The SMILES string of the molecule is CCS(=O)(=O)CCNC(=NC)NCC1(C)CCCO1.I. The third kappa shape index (κ3) is 7.07. The van der Waals surface area contributed by atoms with Crippen LogP contribution in [0.3, 0.4) is 0 Å². The van der Waals surface area contributed by atoms with Gasteiger partial charge >= 0.3 is 0 Å². The Morgan fingerprint density at radius 3 is 2.60 bits per heavy atom. The van der Waals surface area contributed by atoms with Crippen LogP contribution in [0.15, 0.2) is 4.99 Å². The number of hydrogen-bond acceptors (Lipinski definition) is 4. The Morgan fingerprint density at radius 2 is 2.10 bits per heavy atom. The lowest BCUT2D eigenvalue weighted by Gasteiger charge is -2.24. The normalized spacial score (nSPS) is 23.2. The van der Waals surface area contributed by atoms with Crippen LogP contribution in [-0.4, -0.2) is 58.2 Å². The zero-order valence-electron chi connectivity index (χ0n) is 12.4. The maximum Gasteiger partial charge on any atom is 0.191 e. The third-order valence-corrected chi connectivity index (χ3v) is 5.00. The highest BCUT2D eigenvalue weighted by Crippen LogP contribution is 2.23. The van der Waals surface area contributed by atoms with Crippen molar-refractivity contribution in [3.63, 3.8) is 0 Å². The van der Waals surface area contributed by atoms with Gasteiger partial charge in [0.15, 0.2) is 15.8 Å². The number of nitrogens with one attached hydrogen (secondary N) is 2. The van der Waals surface area contributed by atoms with Crippen molar-refractivity contribution in [2.75, 3.05) is 38.2 Å². The Balaban J connectivity index is 0.00000361. The van der Waals surface area contributed by atoms with E-state index in [1.54, 1.807) is 14.0 Å². The van der Waals surface area contributed by atoms with Crippen LogP contribution in [-0.2, 0) is 14.6 Å². The zero-order valence-corrected chi connectivity index (χ0v) is 15.6. The van der Waals surface area contributed by atoms with E-state index in [9.17, 15) is 8.42 Å². The van der Waals surface area contributed by atoms with E-state index >= 15 is 0 Å². The first-order valence-electron chi connectivity index (χ1n) is 6.70. The molecule has 20 heavy (non-hydrogen) atoms. The van der Waals surface area contributed by atoms with Gasteiger partial charge in [-0.05, 0) is 19.8 Å². The van der Waals surface area contributed by atoms with Crippen LogP contribution in [0.4, 0.5) is 0 Å². The summed E-state index contributed by atoms with van der Waals surface area (Å²) < 4.78 is 28.4. The third-order valence-electron chi connectivity index (χ3n) is 3.30. The van der Waals surface area contributed by atoms with Gasteiger partial charge in [0.05, 0.1) is 11.4 Å². The molecule has 0 spiro atoms. The first-order chi connectivity index (χ1) is 8.91. The van der Waals surface area contributed by atoms with E-state index in [0.717, 1.165) is 19.4 Å². The molecule has 0 aromatic rings. The molecule has 0 aromatic carbocycles. The molecular weight excluding hydrogens is 393 g/mol. The van der Waals surface area contributed by atoms with Crippen molar-refractivity contribution in [2.45, 2.75) is 32.3 Å². The van der Waals surface area contributed by atoms with Crippen LogP contribution in [0.2, 0.25) is 0 Å². The topological polar surface area (TPSA) is 79.8 Å². The van der Waals surface area contributed by atoms with Gasteiger partial charge in [0, 0.05) is 32.5 Å². The fourth-order valence-electron chi connectivity index (χ4n) is 1.94. The number of aliphatic imine (C=N–C) groups is 1. The van der Waals surface area contributed by atoms with Crippen molar-refractivity contribution in [1.82, 2.24) is 10.6 Å². The van der Waals surface area contributed by atoms with Crippen LogP contribution in [0.1, 0.15) is 26.7 Å². The fraction of sp³-hybridized carbons (Fsp3) is 0.917. The highest BCUT2D eigenvalue weighted by atomic mass is 127. The molecule has 0 aromatic heterocycles. The Bertz CT molecular complexity index is 406. The van der Waals surface area contributed by atoms with Gasteiger partial charge < -0.3 is 15.4 Å². The average molecular weight is 419 g/mol. The Labute approximate surface area is 139 Å². The molecule has 1 saturated heterocycles. The summed E-state index contributed by atoms with van der Waals surface area (Å²) in [6, 6.07) is 0. The molecule has 0 aliphatic carbocycles. The predicted molar refractivity (Wildman–Crippen MR) is 92.7 cm³/mol. The van der Waals surface area contributed by atoms with Gasteiger partial charge in [-0.25, -0.2) is 8.42 Å². The molecule has 6 nitrogen and oxygen atoms in total. The maximum atomic E-state index is 11.4. The predicted octanol–water partition coefficient (Wildman–Crippen LogP) is 0.773. The highest BCUT2D eigenvalue weighted by molar-refractivity contribution is 14.0. The number of sulfone groups is 1. The molecule has 0 radical (unpaired) electrons. The lowest BCUT2D eigenvalue weighted by molar-refractivity contribution is 0.0243. The summed E-state index contributed by atoms with van der Waals surface area (Å²) in [5, 5.41) is 6.18. The number of halogens is 1. The second-order valence-corrected chi connectivity index (χ2v) is 7.46. The molecule has 0 bridgehead atoms. The van der Waals surface area contributed by atoms with Crippen molar-refractivity contribution >= 4 is 39.8 Å². The van der Waals surface area contributed by atoms with E-state index in [1.807, 2.05) is 0 Å². The second-order valence-electron chi connectivity index (χ2n) is 4.99. The Kier molecular flexibility index (Phi) is 8.99. The van der Waals surface area contributed by atoms with Crippen LogP contribution >= 0.6 is 24.0 Å². The molecule has 1 unspecified atom stereocenters. The van der Waals surface area contributed by atoms with E-state index in [4.69, 9.17) is 4.74 Å². The van der Waals surface area contributed by atoms with Crippen molar-refractivity contribution < 1.29 is 13.2 Å². The van der Waals surface area contributed by atoms with Crippen molar-refractivity contribution in [2.24, 2.45) is 4.99 Å². The van der Waals surface area contributed by atoms with E-state index < -0.39 is 9.84 Å². The molecule has 1 heterocycles. The zero-order chi connectivity index (χ0) is 14.4. The molecule has 2 N–H and O–H groups in total. The highest BCUT2D eigenvalue weighted by Gasteiger charge is 2.29. The van der Waals surface area contributed by atoms with E-state index in [1.165, 1.54) is 0 Å². The van der Waals surface area contributed by atoms with Crippen molar-refractivity contribution in [3.8, 4) is 0 Å². The summed E-state index contributed by atoms with van der Waals surface area (Å²) >= 11 is 0. The summed E-state index contributed by atoms with van der Waals surface area (Å²) in [5.41, 5.74) is -0.146. The van der Waals surface area contributed by atoms with E-state index in [-0.39, 0.29) is 41.1 Å². The summed E-state index contributed by atoms with van der Waals surface area (Å²) in [7, 11) is -1.27. The lowest BCUT2D eigenvalue weighted by Crippen LogP contribution is -2.46. The van der Waals surface area contributed by atoms with E-state index in [0.29, 0.717) is 19.0 Å². The minimum absolute atomic E-state index is 0. The summed E-state index contributed by atoms with van der Waals surface area (Å²) in [6.07, 6.45) is 2.11. The van der Waals surface area contributed by atoms with Crippen molar-refractivity contribution in [1.29, 1.82) is 0 Å². The minimum Gasteiger partial charge on any atom is -0.373 e. The first-order valence-corrected chi connectivity index (χ1v) is 8.52. The number of guanidine groups is 1. The van der Waals surface area contributed by atoms with Gasteiger partial charge in [0.2, 0.25) is 0 Å². The summed E-state index contributed by atoms with van der Waals surface area (Å²) in [5.74, 6) is 0.910. The standard InChI is InChI=1S/C12H25N3O3S.HI/c1-4-19(16,17)9-7-14-11(13-3)15-10-12(2)6-5-8-18-12;/h4-10H2,1-3H3,(H2,13,14,15);1H. The van der Waals surface area contributed by atoms with Gasteiger partial charge in [-0.15, -0.1) is 24.0 Å². The molecule has 0 saturated carbocycles. The van der Waals surface area contributed by atoms with Gasteiger partial charge in [0.1, 0.15) is 0 Å². The largest absolute Gasteiger partial charge is 0.373 e. The molecule has 0 amide bonds. The first kappa shape index (κ1) is 19.9. The summed E-state index contributed by atoms with van der Waals surface area (Å²) in [4.78, 5) is 4.07. The van der Waals surface area contributed by atoms with Gasteiger partial charge in [-0.1, -0.05) is 6.92 Å². The smallest absolute Gasteiger partial charge is 0.191 e. The molecular formula is C12H26IN3O3S. The Hall–Kier alpha value is -0.0900. The Morgan fingerprint density at radius 1 is 1.40 bits per heavy atom. The quantitative estimate of drug-likeness (QED) is 0.378. The van der Waals surface area contributed by atoms with Gasteiger partial charge in [-0.3, -0.25) is 4.99 Å². The van der Waals surface area contributed by atoms with Crippen molar-refractivity contribution in [3.05, 3.63) is 0 Å². The molecule has 1 fully saturated rings. The number of nitrogens with zero attached hydrogens (tertiary/aromatic N) is 1. The van der Waals surface area contributed by atoms with Crippen LogP contribution in [0.5, 0.6) is 0 Å². The number of rotatable bonds is 6. The maximum absolute atomic E-state index is 11.4.